The van der Waals surface area contributed by atoms with E-state index in [9.17, 15) is 13.2 Å². The molecule has 0 radical (unpaired) electrons. The molecule has 1 atom stereocenters. The minimum atomic E-state index is -3.62. The number of sulfonamides is 1. The largest absolute Gasteiger partial charge is 0.369 e. The molecular weight excluding hydrogens is 444 g/mol. The first kappa shape index (κ1) is 23.1. The van der Waals surface area contributed by atoms with Gasteiger partial charge in [-0.2, -0.15) is 0 Å². The third-order valence-electron chi connectivity index (χ3n) is 5.89. The number of piperazine rings is 1. The number of carbonyl (C=O) groups excluding carboxylic acids is 1. The van der Waals surface area contributed by atoms with E-state index in [4.69, 9.17) is 0 Å². The number of anilines is 2. The number of thioether (sulfide) groups is 1. The van der Waals surface area contributed by atoms with E-state index < -0.39 is 10.0 Å². The monoisotopic (exact) mass is 474 g/mol. The van der Waals surface area contributed by atoms with Gasteiger partial charge in [-0.1, -0.05) is 25.1 Å². The lowest BCUT2D eigenvalue weighted by molar-refractivity contribution is -0.118. The highest BCUT2D eigenvalue weighted by Gasteiger charge is 2.23. The van der Waals surface area contributed by atoms with Gasteiger partial charge in [0.2, 0.25) is 15.9 Å². The summed E-state index contributed by atoms with van der Waals surface area (Å²) in [5, 5.41) is 2.85. The molecule has 7 nitrogen and oxygen atoms in total. The molecule has 2 aromatic carbocycles. The van der Waals surface area contributed by atoms with Crippen LogP contribution in [0.5, 0.6) is 0 Å². The summed E-state index contributed by atoms with van der Waals surface area (Å²) in [5.74, 6) is 0.495. The van der Waals surface area contributed by atoms with Crippen LogP contribution in [-0.2, 0) is 14.8 Å². The second-order valence-electron chi connectivity index (χ2n) is 8.27. The molecule has 172 valence electrons. The van der Waals surface area contributed by atoms with Gasteiger partial charge in [0.05, 0.1) is 10.6 Å². The highest BCUT2D eigenvalue weighted by Crippen LogP contribution is 2.34. The fraction of sp³-hybridized carbons (Fsp3) is 0.435. The number of para-hydroxylation sites is 1. The maximum Gasteiger partial charge on any atom is 0.240 e. The Hall–Kier alpha value is -2.07. The number of amides is 1. The third kappa shape index (κ3) is 5.64. The quantitative estimate of drug-likeness (QED) is 0.601. The molecule has 0 unspecified atom stereocenters. The van der Waals surface area contributed by atoms with E-state index in [1.807, 2.05) is 13.0 Å². The first-order valence-electron chi connectivity index (χ1n) is 11.0. The van der Waals surface area contributed by atoms with Gasteiger partial charge in [0.1, 0.15) is 0 Å². The molecule has 1 saturated heterocycles. The van der Waals surface area contributed by atoms with E-state index in [1.165, 1.54) is 5.69 Å². The summed E-state index contributed by atoms with van der Waals surface area (Å²) in [6.45, 7) is 7.02. The SMILES string of the molecule is C[C@H]1CSc2ccc(S(=O)(=O)NCCCN3CCN(c4ccccc4)CC3)cc2NC1=O. The van der Waals surface area contributed by atoms with E-state index in [0.717, 1.165) is 44.0 Å². The van der Waals surface area contributed by atoms with E-state index in [2.05, 4.69) is 44.1 Å². The molecule has 32 heavy (non-hydrogen) atoms. The Morgan fingerprint density at radius 2 is 1.84 bits per heavy atom. The highest BCUT2D eigenvalue weighted by atomic mass is 32.2. The number of fused-ring (bicyclic) bond motifs is 1. The number of hydrogen-bond acceptors (Lipinski definition) is 6. The van der Waals surface area contributed by atoms with Gasteiger partial charge in [-0.05, 0) is 43.3 Å². The molecule has 2 aromatic rings. The smallest absolute Gasteiger partial charge is 0.240 e. The maximum absolute atomic E-state index is 12.7. The summed E-state index contributed by atoms with van der Waals surface area (Å²) >= 11 is 1.57. The van der Waals surface area contributed by atoms with Crippen LogP contribution in [0.1, 0.15) is 13.3 Å². The molecule has 2 aliphatic rings. The van der Waals surface area contributed by atoms with Crippen molar-refractivity contribution in [3.63, 3.8) is 0 Å². The summed E-state index contributed by atoms with van der Waals surface area (Å²) in [6, 6.07) is 15.4. The number of benzene rings is 2. The molecule has 0 bridgehead atoms. The number of rotatable bonds is 7. The van der Waals surface area contributed by atoms with E-state index in [1.54, 1.807) is 30.0 Å². The Kier molecular flexibility index (Phi) is 7.40. The van der Waals surface area contributed by atoms with Crippen LogP contribution in [0.25, 0.3) is 0 Å². The van der Waals surface area contributed by atoms with Gasteiger partial charge in [0, 0.05) is 55.0 Å². The molecule has 2 N–H and O–H groups in total. The molecule has 9 heteroatoms. The zero-order valence-corrected chi connectivity index (χ0v) is 19.9. The van der Waals surface area contributed by atoms with Crippen LogP contribution in [0.4, 0.5) is 11.4 Å². The Morgan fingerprint density at radius 3 is 2.59 bits per heavy atom. The van der Waals surface area contributed by atoms with Crippen LogP contribution >= 0.6 is 11.8 Å². The van der Waals surface area contributed by atoms with Gasteiger partial charge >= 0.3 is 0 Å². The minimum absolute atomic E-state index is 0.0777. The first-order chi connectivity index (χ1) is 15.4. The predicted molar refractivity (Wildman–Crippen MR) is 130 cm³/mol. The Bertz CT molecular complexity index is 1040. The number of nitrogens with zero attached hydrogens (tertiary/aromatic N) is 2. The maximum atomic E-state index is 12.7. The lowest BCUT2D eigenvalue weighted by Gasteiger charge is -2.36. The summed E-state index contributed by atoms with van der Waals surface area (Å²) in [6.07, 6.45) is 0.750. The predicted octanol–water partition coefficient (Wildman–Crippen LogP) is 2.86. The molecule has 1 amide bonds. The summed E-state index contributed by atoms with van der Waals surface area (Å²) in [5.41, 5.74) is 1.83. The normalized spacial score (nSPS) is 19.8. The van der Waals surface area contributed by atoms with Crippen molar-refractivity contribution in [2.24, 2.45) is 5.92 Å². The van der Waals surface area contributed by atoms with E-state index in [0.29, 0.717) is 18.0 Å². The summed E-state index contributed by atoms with van der Waals surface area (Å²) < 4.78 is 28.2. The van der Waals surface area contributed by atoms with Crippen molar-refractivity contribution < 1.29 is 13.2 Å². The highest BCUT2D eigenvalue weighted by molar-refractivity contribution is 7.99. The standard InChI is InChI=1S/C23H30N4O3S2/c1-18-17-31-22-9-8-20(16-21(22)25-23(18)28)32(29,30)24-10-5-11-26-12-14-27(15-13-26)19-6-3-2-4-7-19/h2-4,6-9,16,18,24H,5,10-15,17H2,1H3,(H,25,28)/t18-/m0/s1. The van der Waals surface area contributed by atoms with Crippen LogP contribution in [-0.4, -0.2) is 64.2 Å². The van der Waals surface area contributed by atoms with E-state index in [-0.39, 0.29) is 16.7 Å². The molecule has 2 heterocycles. The molecule has 1 fully saturated rings. The fourth-order valence-electron chi connectivity index (χ4n) is 3.91. The number of carbonyl (C=O) groups is 1. The number of hydrogen-bond donors (Lipinski definition) is 2. The topological polar surface area (TPSA) is 81.8 Å². The zero-order chi connectivity index (χ0) is 22.6. The fourth-order valence-corrected chi connectivity index (χ4v) is 6.02. The Labute approximate surface area is 194 Å². The van der Waals surface area contributed by atoms with Gasteiger partial charge < -0.3 is 10.2 Å². The van der Waals surface area contributed by atoms with Crippen LogP contribution in [0, 0.1) is 5.92 Å². The lowest BCUT2D eigenvalue weighted by Crippen LogP contribution is -2.47. The minimum Gasteiger partial charge on any atom is -0.369 e. The molecule has 2 aliphatic heterocycles. The van der Waals surface area contributed by atoms with E-state index >= 15 is 0 Å². The van der Waals surface area contributed by atoms with Crippen molar-refractivity contribution >= 4 is 39.1 Å². The molecule has 0 aromatic heterocycles. The van der Waals surface area contributed by atoms with Crippen LogP contribution < -0.4 is 14.9 Å². The second-order valence-corrected chi connectivity index (χ2v) is 11.1. The van der Waals surface area contributed by atoms with Crippen molar-refractivity contribution in [2.45, 2.75) is 23.1 Å². The third-order valence-corrected chi connectivity index (χ3v) is 8.68. The second kappa shape index (κ2) is 10.2. The number of nitrogens with one attached hydrogen (secondary N) is 2. The van der Waals surface area contributed by atoms with Gasteiger partial charge in [0.25, 0.3) is 0 Å². The Morgan fingerprint density at radius 1 is 1.09 bits per heavy atom. The Balaban J connectivity index is 1.25. The van der Waals surface area contributed by atoms with Crippen molar-refractivity contribution in [1.82, 2.24) is 9.62 Å². The molecule has 0 saturated carbocycles. The van der Waals surface area contributed by atoms with Crippen molar-refractivity contribution in [2.75, 3.05) is 55.2 Å². The summed E-state index contributed by atoms with van der Waals surface area (Å²) in [7, 11) is -3.62. The van der Waals surface area contributed by atoms with Crippen molar-refractivity contribution in [1.29, 1.82) is 0 Å². The molecule has 0 spiro atoms. The van der Waals surface area contributed by atoms with Gasteiger partial charge in [-0.3, -0.25) is 9.69 Å². The molecule has 0 aliphatic carbocycles. The zero-order valence-electron chi connectivity index (χ0n) is 18.3. The van der Waals surface area contributed by atoms with Gasteiger partial charge in [-0.15, -0.1) is 11.8 Å². The average molecular weight is 475 g/mol. The van der Waals surface area contributed by atoms with Crippen molar-refractivity contribution in [3.8, 4) is 0 Å². The van der Waals surface area contributed by atoms with Crippen molar-refractivity contribution in [3.05, 3.63) is 48.5 Å². The van der Waals surface area contributed by atoms with Gasteiger partial charge in [0.15, 0.2) is 0 Å². The van der Waals surface area contributed by atoms with Gasteiger partial charge in [-0.25, -0.2) is 13.1 Å². The van der Waals surface area contributed by atoms with Crippen LogP contribution in [0.3, 0.4) is 0 Å². The lowest BCUT2D eigenvalue weighted by atomic mass is 10.2. The molecular formula is C23H30N4O3S2. The summed E-state index contributed by atoms with van der Waals surface area (Å²) in [4.78, 5) is 17.9. The first-order valence-corrected chi connectivity index (χ1v) is 13.5. The van der Waals surface area contributed by atoms with Crippen LogP contribution in [0.15, 0.2) is 58.3 Å². The van der Waals surface area contributed by atoms with Crippen LogP contribution in [0.2, 0.25) is 0 Å². The average Bonchev–Trinajstić information content (AvgIpc) is 2.95. The molecule has 4 rings (SSSR count).